The third-order valence-electron chi connectivity index (χ3n) is 7.09. The molecule has 0 saturated heterocycles. The standard InChI is InChI=1S/C23H36O4/c1-3-5-6-7-8-10-17-11-9-12-18(24)21-20-16(13-14-19(20)25)15-23(17,22(21)26)27-4-2/h9,11,16-18,20-21,24H,3-8,10,12-15H2,1-2H3/b11-9-/t16-,17+,18+,20+,21-,23+/m1/s1. The minimum atomic E-state index is -0.853. The van der Waals surface area contributed by atoms with Crippen molar-refractivity contribution in [3.8, 4) is 0 Å². The fourth-order valence-electron chi connectivity index (χ4n) is 5.82. The Labute approximate surface area is 163 Å². The summed E-state index contributed by atoms with van der Waals surface area (Å²) < 4.78 is 6.25. The highest BCUT2D eigenvalue weighted by atomic mass is 16.5. The zero-order valence-corrected chi connectivity index (χ0v) is 17.0. The Morgan fingerprint density at radius 2 is 1.93 bits per heavy atom. The summed E-state index contributed by atoms with van der Waals surface area (Å²) in [6.07, 6.45) is 12.8. The molecule has 27 heavy (non-hydrogen) atoms. The first-order valence-corrected chi connectivity index (χ1v) is 11.1. The number of aliphatic hydroxyl groups excluding tert-OH is 1. The summed E-state index contributed by atoms with van der Waals surface area (Å²) >= 11 is 0. The van der Waals surface area contributed by atoms with Crippen molar-refractivity contribution in [3.63, 3.8) is 0 Å². The average Bonchev–Trinajstić information content (AvgIpc) is 3.00. The van der Waals surface area contributed by atoms with Gasteiger partial charge in [-0.05, 0) is 38.5 Å². The van der Waals surface area contributed by atoms with Gasteiger partial charge in [-0.1, -0.05) is 51.2 Å². The third-order valence-corrected chi connectivity index (χ3v) is 7.09. The first kappa shape index (κ1) is 20.7. The van der Waals surface area contributed by atoms with E-state index in [0.717, 1.165) is 19.3 Å². The molecule has 4 heteroatoms. The molecule has 0 aromatic carbocycles. The van der Waals surface area contributed by atoms with E-state index in [1.165, 1.54) is 25.7 Å². The summed E-state index contributed by atoms with van der Waals surface area (Å²) in [6.45, 7) is 4.65. The van der Waals surface area contributed by atoms with Crippen molar-refractivity contribution in [1.82, 2.24) is 0 Å². The number of carbonyl (C=O) groups excluding carboxylic acids is 2. The molecule has 3 aliphatic carbocycles. The number of ketones is 2. The van der Waals surface area contributed by atoms with Gasteiger partial charge in [0.15, 0.2) is 5.78 Å². The quantitative estimate of drug-likeness (QED) is 0.508. The second-order valence-electron chi connectivity index (χ2n) is 8.75. The van der Waals surface area contributed by atoms with Gasteiger partial charge in [0.2, 0.25) is 0 Å². The van der Waals surface area contributed by atoms with Gasteiger partial charge in [0, 0.05) is 24.9 Å². The maximum Gasteiger partial charge on any atom is 0.171 e. The minimum Gasteiger partial charge on any atom is -0.392 e. The summed E-state index contributed by atoms with van der Waals surface area (Å²) in [5, 5.41) is 10.7. The van der Waals surface area contributed by atoms with E-state index in [-0.39, 0.29) is 29.3 Å². The van der Waals surface area contributed by atoms with Crippen LogP contribution < -0.4 is 0 Å². The molecule has 2 bridgehead atoms. The number of hydrogen-bond acceptors (Lipinski definition) is 4. The van der Waals surface area contributed by atoms with Crippen LogP contribution in [0.5, 0.6) is 0 Å². The molecule has 3 rings (SSSR count). The van der Waals surface area contributed by atoms with Crippen molar-refractivity contribution in [2.24, 2.45) is 23.7 Å². The molecule has 0 aromatic heterocycles. The summed E-state index contributed by atoms with van der Waals surface area (Å²) in [5.74, 6) is -0.483. The Hall–Kier alpha value is -1.00. The molecule has 0 radical (unpaired) electrons. The third kappa shape index (κ3) is 3.93. The molecule has 0 heterocycles. The van der Waals surface area contributed by atoms with Crippen LogP contribution in [0.15, 0.2) is 12.2 Å². The topological polar surface area (TPSA) is 63.6 Å². The van der Waals surface area contributed by atoms with Crippen molar-refractivity contribution in [2.45, 2.75) is 89.8 Å². The predicted octanol–water partition coefficient (Wildman–Crippen LogP) is 4.24. The summed E-state index contributed by atoms with van der Waals surface area (Å²) in [4.78, 5) is 26.2. The fraction of sp³-hybridized carbons (Fsp3) is 0.826. The fourth-order valence-corrected chi connectivity index (χ4v) is 5.82. The molecule has 2 fully saturated rings. The molecule has 152 valence electrons. The summed E-state index contributed by atoms with van der Waals surface area (Å²) in [6, 6.07) is 0. The van der Waals surface area contributed by atoms with Gasteiger partial charge in [0.1, 0.15) is 11.4 Å². The number of rotatable bonds is 8. The highest BCUT2D eigenvalue weighted by Crippen LogP contribution is 2.52. The lowest BCUT2D eigenvalue weighted by Crippen LogP contribution is -2.61. The van der Waals surface area contributed by atoms with Gasteiger partial charge >= 0.3 is 0 Å². The average molecular weight is 377 g/mol. The van der Waals surface area contributed by atoms with Crippen LogP contribution in [-0.2, 0) is 14.3 Å². The van der Waals surface area contributed by atoms with Crippen LogP contribution in [0.4, 0.5) is 0 Å². The maximum absolute atomic E-state index is 13.7. The molecule has 1 N–H and O–H groups in total. The maximum atomic E-state index is 13.7. The monoisotopic (exact) mass is 376 g/mol. The number of aliphatic hydroxyl groups is 1. The van der Waals surface area contributed by atoms with Gasteiger partial charge in [-0.15, -0.1) is 0 Å². The smallest absolute Gasteiger partial charge is 0.171 e. The van der Waals surface area contributed by atoms with Crippen LogP contribution >= 0.6 is 0 Å². The lowest BCUT2D eigenvalue weighted by Gasteiger charge is -2.49. The largest absolute Gasteiger partial charge is 0.392 e. The van der Waals surface area contributed by atoms with E-state index in [2.05, 4.69) is 13.0 Å². The zero-order valence-electron chi connectivity index (χ0n) is 17.0. The highest BCUT2D eigenvalue weighted by molar-refractivity contribution is 5.98. The number of carbonyl (C=O) groups is 2. The first-order chi connectivity index (χ1) is 13.0. The molecule has 3 aliphatic rings. The molecule has 0 amide bonds. The normalized spacial score (nSPS) is 39.7. The number of Topliss-reactive ketones (excluding diaryl/α,β-unsaturated/α-hetero) is 2. The second-order valence-corrected chi connectivity index (χ2v) is 8.75. The van der Waals surface area contributed by atoms with Gasteiger partial charge in [-0.2, -0.15) is 0 Å². The van der Waals surface area contributed by atoms with Crippen LogP contribution in [0, 0.1) is 23.7 Å². The Morgan fingerprint density at radius 1 is 1.15 bits per heavy atom. The van der Waals surface area contributed by atoms with E-state index in [1.54, 1.807) is 0 Å². The lowest BCUT2D eigenvalue weighted by molar-refractivity contribution is -0.177. The van der Waals surface area contributed by atoms with Crippen molar-refractivity contribution in [2.75, 3.05) is 6.61 Å². The SMILES string of the molecule is CCCCCCC[C@H]1/C=C\C[C@H](O)[C@H]2C(=O)[C@]1(OCC)C[C@H]1CCC(=O)[C@H]12. The molecule has 0 aliphatic heterocycles. The first-order valence-electron chi connectivity index (χ1n) is 11.1. The van der Waals surface area contributed by atoms with Crippen LogP contribution in [0.25, 0.3) is 0 Å². The number of fused-ring (bicyclic) bond motifs is 4. The molecular weight excluding hydrogens is 340 g/mol. The molecule has 0 unspecified atom stereocenters. The molecule has 2 saturated carbocycles. The van der Waals surface area contributed by atoms with Crippen molar-refractivity contribution >= 4 is 11.6 Å². The van der Waals surface area contributed by atoms with E-state index in [4.69, 9.17) is 4.74 Å². The van der Waals surface area contributed by atoms with E-state index < -0.39 is 17.6 Å². The van der Waals surface area contributed by atoms with E-state index in [1.807, 2.05) is 13.0 Å². The van der Waals surface area contributed by atoms with Gasteiger partial charge in [0.25, 0.3) is 0 Å². The number of unbranched alkanes of at least 4 members (excludes halogenated alkanes) is 4. The van der Waals surface area contributed by atoms with Crippen LogP contribution in [-0.4, -0.2) is 35.0 Å². The van der Waals surface area contributed by atoms with Gasteiger partial charge in [-0.3, -0.25) is 9.59 Å². The molecule has 0 spiro atoms. The summed E-state index contributed by atoms with van der Waals surface area (Å²) in [5.41, 5.74) is -0.853. The Morgan fingerprint density at radius 3 is 2.67 bits per heavy atom. The van der Waals surface area contributed by atoms with E-state index in [0.29, 0.717) is 25.9 Å². The number of ether oxygens (including phenoxy) is 1. The van der Waals surface area contributed by atoms with Crippen molar-refractivity contribution < 1.29 is 19.4 Å². The predicted molar refractivity (Wildman–Crippen MR) is 105 cm³/mol. The van der Waals surface area contributed by atoms with Gasteiger partial charge in [-0.25, -0.2) is 0 Å². The van der Waals surface area contributed by atoms with E-state index >= 15 is 0 Å². The van der Waals surface area contributed by atoms with Gasteiger partial charge in [0.05, 0.1) is 12.0 Å². The van der Waals surface area contributed by atoms with Crippen LogP contribution in [0.1, 0.15) is 78.1 Å². The van der Waals surface area contributed by atoms with Crippen LogP contribution in [0.3, 0.4) is 0 Å². The highest BCUT2D eigenvalue weighted by Gasteiger charge is 2.61. The zero-order chi connectivity index (χ0) is 19.4. The van der Waals surface area contributed by atoms with Crippen LogP contribution in [0.2, 0.25) is 0 Å². The molecule has 6 atom stereocenters. The summed E-state index contributed by atoms with van der Waals surface area (Å²) in [7, 11) is 0. The Kier molecular flexibility index (Phi) is 6.91. The molecular formula is C23H36O4. The molecule has 0 aromatic rings. The Balaban J connectivity index is 1.88. The van der Waals surface area contributed by atoms with Crippen molar-refractivity contribution in [1.29, 1.82) is 0 Å². The number of hydrogen-bond donors (Lipinski definition) is 1. The van der Waals surface area contributed by atoms with E-state index in [9.17, 15) is 14.7 Å². The minimum absolute atomic E-state index is 0.00346. The van der Waals surface area contributed by atoms with Crippen molar-refractivity contribution in [3.05, 3.63) is 12.2 Å². The van der Waals surface area contributed by atoms with Gasteiger partial charge < -0.3 is 9.84 Å². The lowest BCUT2D eigenvalue weighted by atomic mass is 9.58. The Bertz CT molecular complexity index is 569. The second kappa shape index (κ2) is 9.00. The molecule has 4 nitrogen and oxygen atoms in total.